The summed E-state index contributed by atoms with van der Waals surface area (Å²) < 4.78 is 15.1. The lowest BCUT2D eigenvalue weighted by Crippen LogP contribution is -2.07. The van der Waals surface area contributed by atoms with Gasteiger partial charge in [-0.15, -0.1) is 18.9 Å². The van der Waals surface area contributed by atoms with Crippen LogP contribution in [0.15, 0.2) is 12.7 Å². The van der Waals surface area contributed by atoms with Gasteiger partial charge in [0.05, 0.1) is 32.0 Å². The molecule has 2 unspecified atom stereocenters. The van der Waals surface area contributed by atoms with Crippen LogP contribution in [-0.2, 0) is 14.2 Å². The smallest absolute Gasteiger partial charge is 0.104 e. The molecule has 2 saturated heterocycles. The number of hydrogen-bond donors (Lipinski definition) is 0. The second-order valence-electron chi connectivity index (χ2n) is 22.8. The van der Waals surface area contributed by atoms with E-state index < -0.39 is 0 Å². The number of terminal acetylenes is 1. The molecule has 3 nitrogen and oxygen atoms in total. The number of hydrogen-bond acceptors (Lipinski definition) is 3. The van der Waals surface area contributed by atoms with Crippen molar-refractivity contribution in [1.82, 2.24) is 0 Å². The second-order valence-corrected chi connectivity index (χ2v) is 22.8. The Morgan fingerprint density at radius 1 is 0.459 bits per heavy atom. The summed E-state index contributed by atoms with van der Waals surface area (Å²) in [5, 5.41) is 0. The van der Waals surface area contributed by atoms with Gasteiger partial charge in [0.2, 0.25) is 0 Å². The number of epoxide rings is 2. The van der Waals surface area contributed by atoms with E-state index in [4.69, 9.17) is 20.6 Å². The highest BCUT2D eigenvalue weighted by Gasteiger charge is 2.25. The molecule has 2 fully saturated rings. The molecule has 2 rings (SSSR count). The minimum absolute atomic E-state index is 0. The van der Waals surface area contributed by atoms with Gasteiger partial charge in [-0.3, -0.25) is 0 Å². The van der Waals surface area contributed by atoms with E-state index in [2.05, 4.69) is 227 Å². The Bertz CT molecular complexity index is 568. The topological polar surface area (TPSA) is 34.3 Å². The summed E-state index contributed by atoms with van der Waals surface area (Å²) in [7, 11) is 0. The normalized spacial score (nSPS) is 13.2. The molecule has 0 aliphatic carbocycles. The SMILES string of the molecule is C.C#CC(C)C.C=CC(C)C.CC(C)C.CC(C)C.CC(C)C.CC(C)C.CC(C)C.CC(C)C.CC(C)C.CC(C)C.CC(C)C.CC(C)C1CO1.CC(C)OCC1CO1. The van der Waals surface area contributed by atoms with Crippen LogP contribution in [0.25, 0.3) is 0 Å². The van der Waals surface area contributed by atoms with E-state index in [9.17, 15) is 0 Å². The fourth-order valence-electron chi connectivity index (χ4n) is 0.904. The van der Waals surface area contributed by atoms with Crippen molar-refractivity contribution in [1.29, 1.82) is 0 Å². The highest BCUT2D eigenvalue weighted by Crippen LogP contribution is 2.17. The minimum atomic E-state index is 0. The monoisotopic (exact) mass is 879 g/mol. The first-order valence-electron chi connectivity index (χ1n) is 24.7. The lowest BCUT2D eigenvalue weighted by molar-refractivity contribution is 0.0662. The third kappa shape index (κ3) is 585. The van der Waals surface area contributed by atoms with Crippen molar-refractivity contribution in [2.75, 3.05) is 19.8 Å². The van der Waals surface area contributed by atoms with Gasteiger partial charge >= 0.3 is 0 Å². The Balaban J connectivity index is -0.0000000430. The molecule has 0 radical (unpaired) electrons. The van der Waals surface area contributed by atoms with Crippen LogP contribution in [0.1, 0.15) is 250 Å². The first-order chi connectivity index (χ1) is 26.7. The van der Waals surface area contributed by atoms with Crippen LogP contribution in [0.3, 0.4) is 0 Å². The summed E-state index contributed by atoms with van der Waals surface area (Å²) in [4.78, 5) is 0. The number of allylic oxidation sites excluding steroid dienone is 1. The predicted molar refractivity (Wildman–Crippen MR) is 295 cm³/mol. The molecule has 0 spiro atoms. The Kier molecular flexibility index (Phi) is 110. The van der Waals surface area contributed by atoms with Crippen molar-refractivity contribution in [2.45, 2.75) is 268 Å². The van der Waals surface area contributed by atoms with E-state index >= 15 is 0 Å². The van der Waals surface area contributed by atoms with Crippen LogP contribution in [-0.4, -0.2) is 38.1 Å². The van der Waals surface area contributed by atoms with Crippen LogP contribution >= 0.6 is 0 Å². The molecule has 2 aliphatic heterocycles. The zero-order valence-electron chi connectivity index (χ0n) is 49.4. The first kappa shape index (κ1) is 90.8. The van der Waals surface area contributed by atoms with Gasteiger partial charge in [-0.1, -0.05) is 242 Å². The van der Waals surface area contributed by atoms with E-state index in [1.807, 2.05) is 33.8 Å². The molecule has 61 heavy (non-hydrogen) atoms. The summed E-state index contributed by atoms with van der Waals surface area (Å²) in [6.07, 6.45) is 8.20. The Labute approximate surface area is 396 Å². The zero-order valence-corrected chi connectivity index (χ0v) is 49.4. The van der Waals surface area contributed by atoms with Crippen LogP contribution < -0.4 is 0 Å². The average molecular weight is 880 g/mol. The highest BCUT2D eigenvalue weighted by molar-refractivity contribution is 4.86. The molecule has 0 aromatic carbocycles. The van der Waals surface area contributed by atoms with Crippen molar-refractivity contribution in [3.63, 3.8) is 0 Å². The molecule has 0 N–H and O–H groups in total. The van der Waals surface area contributed by atoms with Gasteiger partial charge in [0.25, 0.3) is 0 Å². The molecule has 0 aromatic rings. The van der Waals surface area contributed by atoms with E-state index in [1.165, 1.54) is 0 Å². The first-order valence-corrected chi connectivity index (χ1v) is 24.7. The maximum Gasteiger partial charge on any atom is 0.104 e. The molecule has 384 valence electrons. The highest BCUT2D eigenvalue weighted by atomic mass is 16.6. The van der Waals surface area contributed by atoms with Gasteiger partial charge in [-0.2, -0.15) is 0 Å². The molecule has 0 aromatic heterocycles. The number of rotatable bonds is 5. The van der Waals surface area contributed by atoms with Crippen LogP contribution in [0.5, 0.6) is 0 Å². The molecule has 2 heterocycles. The summed E-state index contributed by atoms with van der Waals surface area (Å²) in [6, 6.07) is 0. The van der Waals surface area contributed by atoms with Crippen molar-refractivity contribution >= 4 is 0 Å². The fourth-order valence-corrected chi connectivity index (χ4v) is 0.904. The van der Waals surface area contributed by atoms with Crippen LogP contribution in [0, 0.1) is 83.4 Å². The molecule has 2 atom stereocenters. The average Bonchev–Trinajstić information content (AvgIpc) is 3.89. The molecule has 2 aliphatic rings. The summed E-state index contributed by atoms with van der Waals surface area (Å²) >= 11 is 0. The van der Waals surface area contributed by atoms with Gasteiger partial charge in [0.15, 0.2) is 0 Å². The standard InChI is InChI=1S/C6H12O2.C5H10O.C5H10.C5H8.9C4H10.CH4/c1-5(2)7-3-6-4-8-6;1-4(2)5-3-6-5;2*1-4-5(2)3;9*1-4(2)3;/h5-6H,3-4H2,1-2H3;4-5H,3H2,1-2H3;4-5H,1H2,2-3H3;1,5H,2-3H3;9*4H,1-3H3;1H4. The Morgan fingerprint density at radius 3 is 0.672 bits per heavy atom. The maximum absolute atomic E-state index is 5.24. The van der Waals surface area contributed by atoms with Gasteiger partial charge in [0.1, 0.15) is 6.10 Å². The quantitative estimate of drug-likeness (QED) is 0.157. The second kappa shape index (κ2) is 73.6. The van der Waals surface area contributed by atoms with Gasteiger partial charge in [-0.05, 0) is 78.9 Å². The zero-order chi connectivity index (χ0) is 51.3. The third-order valence-corrected chi connectivity index (χ3v) is 2.93. The van der Waals surface area contributed by atoms with E-state index in [1.54, 1.807) is 0 Å². The summed E-state index contributed by atoms with van der Waals surface area (Å²) in [5.41, 5.74) is 0. The van der Waals surface area contributed by atoms with Gasteiger partial charge < -0.3 is 14.2 Å². The lowest BCUT2D eigenvalue weighted by Gasteiger charge is -2.02. The summed E-state index contributed by atoms with van der Waals surface area (Å²) in [5.74, 6) is 11.8. The third-order valence-electron chi connectivity index (χ3n) is 2.93. The molecule has 0 amide bonds. The molecule has 0 saturated carbocycles. The van der Waals surface area contributed by atoms with Gasteiger partial charge in [-0.25, -0.2) is 0 Å². The number of ether oxygens (including phenoxy) is 3. The van der Waals surface area contributed by atoms with E-state index in [-0.39, 0.29) is 7.43 Å². The summed E-state index contributed by atoms with van der Waals surface area (Å²) in [6.45, 7) is 81.3. The van der Waals surface area contributed by atoms with Crippen molar-refractivity contribution in [3.8, 4) is 12.3 Å². The predicted octanol–water partition coefficient (Wildman–Crippen LogP) is 20.6. The fraction of sp³-hybridized carbons (Fsp3) is 0.931. The van der Waals surface area contributed by atoms with E-state index in [0.717, 1.165) is 79.0 Å². The van der Waals surface area contributed by atoms with Crippen molar-refractivity contribution < 1.29 is 14.2 Å². The van der Waals surface area contributed by atoms with E-state index in [0.29, 0.717) is 30.1 Å². The van der Waals surface area contributed by atoms with Crippen molar-refractivity contribution in [3.05, 3.63) is 12.7 Å². The lowest BCUT2D eigenvalue weighted by atomic mass is 10.2. The van der Waals surface area contributed by atoms with Gasteiger partial charge in [0, 0.05) is 5.92 Å². The maximum atomic E-state index is 5.24. The molecule has 0 bridgehead atoms. The minimum Gasteiger partial charge on any atom is -0.376 e. The molecular weight excluding hydrogens is 745 g/mol. The molecule has 3 heteroatoms. The largest absolute Gasteiger partial charge is 0.376 e. The van der Waals surface area contributed by atoms with Crippen molar-refractivity contribution in [2.24, 2.45) is 71.0 Å². The van der Waals surface area contributed by atoms with Crippen LogP contribution in [0.4, 0.5) is 0 Å². The Hall–Kier alpha value is -0.820. The molecular formula is C58H134O3. The van der Waals surface area contributed by atoms with Crippen LogP contribution in [0.2, 0.25) is 0 Å². The Morgan fingerprint density at radius 2 is 0.623 bits per heavy atom.